The van der Waals surface area contributed by atoms with Crippen molar-refractivity contribution in [2.45, 2.75) is 17.7 Å². The van der Waals surface area contributed by atoms with Gasteiger partial charge < -0.3 is 10.1 Å². The fourth-order valence-electron chi connectivity index (χ4n) is 1.95. The minimum atomic E-state index is 0. The highest BCUT2D eigenvalue weighted by Crippen LogP contribution is 2.25. The maximum Gasteiger partial charge on any atom is 0.118 e. The van der Waals surface area contributed by atoms with Crippen molar-refractivity contribution < 1.29 is 4.74 Å². The zero-order valence-electron chi connectivity index (χ0n) is 10.1. The monoisotopic (exact) mass is 273 g/mol. The Bertz CT molecular complexity index is 312. The average Bonchev–Trinajstić information content (AvgIpc) is 2.38. The van der Waals surface area contributed by atoms with E-state index in [0.29, 0.717) is 0 Å². The van der Waals surface area contributed by atoms with Gasteiger partial charge in [-0.2, -0.15) is 0 Å². The number of hydrogen-bond acceptors (Lipinski definition) is 3. The van der Waals surface area contributed by atoms with Crippen LogP contribution in [0.5, 0.6) is 5.75 Å². The summed E-state index contributed by atoms with van der Waals surface area (Å²) < 4.78 is 5.14. The van der Waals surface area contributed by atoms with Crippen LogP contribution in [-0.2, 0) is 0 Å². The van der Waals surface area contributed by atoms with Crippen molar-refractivity contribution in [3.63, 3.8) is 0 Å². The Balaban J connectivity index is 0.00000144. The van der Waals surface area contributed by atoms with Crippen LogP contribution in [0.25, 0.3) is 0 Å². The second-order valence-corrected chi connectivity index (χ2v) is 5.29. The van der Waals surface area contributed by atoms with E-state index in [1.54, 1.807) is 7.11 Å². The molecule has 96 valence electrons. The summed E-state index contributed by atoms with van der Waals surface area (Å²) in [5.41, 5.74) is 0. The Kier molecular flexibility index (Phi) is 6.78. The van der Waals surface area contributed by atoms with E-state index in [1.807, 2.05) is 23.9 Å². The number of methoxy groups -OCH3 is 1. The lowest BCUT2D eigenvalue weighted by Crippen LogP contribution is -2.30. The first-order valence-corrected chi connectivity index (χ1v) is 6.84. The van der Waals surface area contributed by atoms with Crippen molar-refractivity contribution in [1.29, 1.82) is 0 Å². The molecule has 1 aliphatic rings. The molecule has 1 aromatic rings. The summed E-state index contributed by atoms with van der Waals surface area (Å²) >= 11 is 1.95. The minimum Gasteiger partial charge on any atom is -0.497 e. The first kappa shape index (κ1) is 14.7. The number of piperidine rings is 1. The minimum absolute atomic E-state index is 0. The Labute approximate surface area is 114 Å². The van der Waals surface area contributed by atoms with Gasteiger partial charge in [0.2, 0.25) is 0 Å². The highest BCUT2D eigenvalue weighted by molar-refractivity contribution is 7.99. The van der Waals surface area contributed by atoms with Crippen LogP contribution in [0.4, 0.5) is 0 Å². The van der Waals surface area contributed by atoms with Gasteiger partial charge in [0.25, 0.3) is 0 Å². The molecule has 0 saturated carbocycles. The molecule has 1 heterocycles. The number of halogens is 1. The fourth-order valence-corrected chi connectivity index (χ4v) is 2.99. The summed E-state index contributed by atoms with van der Waals surface area (Å²) in [6.45, 7) is 2.38. The molecule has 0 aliphatic carbocycles. The summed E-state index contributed by atoms with van der Waals surface area (Å²) in [7, 11) is 1.70. The van der Waals surface area contributed by atoms with Gasteiger partial charge in [-0.25, -0.2) is 0 Å². The van der Waals surface area contributed by atoms with Crippen molar-refractivity contribution in [3.8, 4) is 5.75 Å². The standard InChI is InChI=1S/C13H19NOS.ClH/c1-15-12-4-6-13(7-5-12)16-10-11-3-2-8-14-9-11;/h4-7,11,14H,2-3,8-10H2,1H3;1H. The van der Waals surface area contributed by atoms with E-state index >= 15 is 0 Å². The van der Waals surface area contributed by atoms with Crippen molar-refractivity contribution in [2.75, 3.05) is 26.0 Å². The molecular weight excluding hydrogens is 254 g/mol. The highest BCUT2D eigenvalue weighted by Gasteiger charge is 2.12. The predicted octanol–water partition coefficient (Wildman–Crippen LogP) is 3.21. The molecule has 2 rings (SSSR count). The van der Waals surface area contributed by atoms with Gasteiger partial charge in [-0.15, -0.1) is 24.2 Å². The van der Waals surface area contributed by atoms with E-state index in [9.17, 15) is 0 Å². The Morgan fingerprint density at radius 1 is 1.35 bits per heavy atom. The first-order valence-electron chi connectivity index (χ1n) is 5.86. The van der Waals surface area contributed by atoms with Gasteiger partial charge in [-0.1, -0.05) is 0 Å². The zero-order chi connectivity index (χ0) is 11.2. The molecule has 1 aliphatic heterocycles. The van der Waals surface area contributed by atoms with E-state index in [1.165, 1.54) is 36.6 Å². The van der Waals surface area contributed by atoms with E-state index in [4.69, 9.17) is 4.74 Å². The van der Waals surface area contributed by atoms with Crippen LogP contribution < -0.4 is 10.1 Å². The van der Waals surface area contributed by atoms with Gasteiger partial charge >= 0.3 is 0 Å². The van der Waals surface area contributed by atoms with Gasteiger partial charge in [0, 0.05) is 10.6 Å². The van der Waals surface area contributed by atoms with Gasteiger partial charge in [0.15, 0.2) is 0 Å². The number of ether oxygens (including phenoxy) is 1. The summed E-state index contributed by atoms with van der Waals surface area (Å²) in [5.74, 6) is 2.99. The number of rotatable bonds is 4. The normalized spacial score (nSPS) is 19.5. The number of nitrogens with one attached hydrogen (secondary N) is 1. The summed E-state index contributed by atoms with van der Waals surface area (Å²) in [6, 6.07) is 8.34. The second kappa shape index (κ2) is 7.85. The quantitative estimate of drug-likeness (QED) is 0.852. The van der Waals surface area contributed by atoms with Crippen LogP contribution >= 0.6 is 24.2 Å². The molecule has 1 atom stereocenters. The third-order valence-electron chi connectivity index (χ3n) is 2.94. The molecule has 1 unspecified atom stereocenters. The third-order valence-corrected chi connectivity index (χ3v) is 4.19. The van der Waals surface area contributed by atoms with Crippen LogP contribution in [0, 0.1) is 5.92 Å². The third kappa shape index (κ3) is 4.78. The van der Waals surface area contributed by atoms with Gasteiger partial charge in [-0.05, 0) is 56.1 Å². The summed E-state index contributed by atoms with van der Waals surface area (Å²) in [4.78, 5) is 1.34. The van der Waals surface area contributed by atoms with Crippen LogP contribution in [-0.4, -0.2) is 26.0 Å². The molecule has 0 aromatic heterocycles. The van der Waals surface area contributed by atoms with Crippen molar-refractivity contribution >= 4 is 24.2 Å². The van der Waals surface area contributed by atoms with E-state index < -0.39 is 0 Å². The lowest BCUT2D eigenvalue weighted by atomic mass is 10.0. The van der Waals surface area contributed by atoms with Crippen LogP contribution in [0.1, 0.15) is 12.8 Å². The summed E-state index contributed by atoms with van der Waals surface area (Å²) in [6.07, 6.45) is 2.70. The highest BCUT2D eigenvalue weighted by atomic mass is 35.5. The van der Waals surface area contributed by atoms with E-state index in [2.05, 4.69) is 17.4 Å². The average molecular weight is 274 g/mol. The van der Waals surface area contributed by atoms with Gasteiger partial charge in [0.1, 0.15) is 5.75 Å². The number of thioether (sulfide) groups is 1. The maximum atomic E-state index is 5.14. The zero-order valence-corrected chi connectivity index (χ0v) is 11.8. The molecule has 0 radical (unpaired) electrons. The molecule has 0 spiro atoms. The molecule has 0 amide bonds. The Hall–Kier alpha value is -0.380. The van der Waals surface area contributed by atoms with Gasteiger partial charge in [0.05, 0.1) is 7.11 Å². The predicted molar refractivity (Wildman–Crippen MR) is 76.6 cm³/mol. The van der Waals surface area contributed by atoms with Crippen LogP contribution in [0.2, 0.25) is 0 Å². The SMILES string of the molecule is COc1ccc(SCC2CCCNC2)cc1.Cl. The molecule has 2 nitrogen and oxygen atoms in total. The number of benzene rings is 1. The largest absolute Gasteiger partial charge is 0.497 e. The lowest BCUT2D eigenvalue weighted by Gasteiger charge is -2.22. The van der Waals surface area contributed by atoms with Crippen molar-refractivity contribution in [3.05, 3.63) is 24.3 Å². The molecule has 17 heavy (non-hydrogen) atoms. The number of hydrogen-bond donors (Lipinski definition) is 1. The molecule has 0 bridgehead atoms. The molecule has 1 fully saturated rings. The fraction of sp³-hybridized carbons (Fsp3) is 0.538. The molecule has 1 N–H and O–H groups in total. The van der Waals surface area contributed by atoms with Crippen molar-refractivity contribution in [2.24, 2.45) is 5.92 Å². The van der Waals surface area contributed by atoms with Gasteiger partial charge in [-0.3, -0.25) is 0 Å². The molecule has 1 saturated heterocycles. The Morgan fingerprint density at radius 3 is 2.71 bits per heavy atom. The molecule has 4 heteroatoms. The Morgan fingerprint density at radius 2 is 2.12 bits per heavy atom. The molecular formula is C13H20ClNOS. The van der Waals surface area contributed by atoms with Crippen LogP contribution in [0.3, 0.4) is 0 Å². The van der Waals surface area contributed by atoms with Crippen LogP contribution in [0.15, 0.2) is 29.2 Å². The second-order valence-electron chi connectivity index (χ2n) is 4.20. The smallest absolute Gasteiger partial charge is 0.118 e. The lowest BCUT2D eigenvalue weighted by molar-refractivity contribution is 0.410. The first-order chi connectivity index (χ1) is 7.88. The summed E-state index contributed by atoms with van der Waals surface area (Å²) in [5, 5.41) is 3.46. The van der Waals surface area contributed by atoms with Crippen molar-refractivity contribution in [1.82, 2.24) is 5.32 Å². The maximum absolute atomic E-state index is 5.14. The van der Waals surface area contributed by atoms with E-state index in [0.717, 1.165) is 11.7 Å². The van der Waals surface area contributed by atoms with E-state index in [-0.39, 0.29) is 12.4 Å². The topological polar surface area (TPSA) is 21.3 Å². The molecule has 1 aromatic carbocycles.